The first-order chi connectivity index (χ1) is 17.4. The summed E-state index contributed by atoms with van der Waals surface area (Å²) >= 11 is 12.1. The third-order valence-corrected chi connectivity index (χ3v) is 6.58. The molecule has 9 heteroatoms. The van der Waals surface area contributed by atoms with E-state index < -0.39 is 17.7 Å². The molecule has 3 aromatic carbocycles. The zero-order valence-electron chi connectivity index (χ0n) is 19.6. The lowest BCUT2D eigenvalue weighted by Crippen LogP contribution is -2.50. The highest BCUT2D eigenvalue weighted by Crippen LogP contribution is 2.28. The molecule has 3 aromatic rings. The number of nitrogens with one attached hydrogen (secondary N) is 1. The zero-order chi connectivity index (χ0) is 25.5. The number of urea groups is 1. The number of piperazine rings is 1. The Balaban J connectivity index is 1.24. The normalized spacial score (nSPS) is 14.3. The smallest absolute Gasteiger partial charge is 0.322 e. The van der Waals surface area contributed by atoms with Gasteiger partial charge in [-0.1, -0.05) is 47.5 Å². The van der Waals surface area contributed by atoms with Crippen LogP contribution in [0.2, 0.25) is 10.0 Å². The maximum Gasteiger partial charge on any atom is 0.322 e. The van der Waals surface area contributed by atoms with E-state index in [2.05, 4.69) is 10.2 Å². The van der Waals surface area contributed by atoms with Crippen molar-refractivity contribution in [2.24, 2.45) is 0 Å². The topological polar surface area (TPSA) is 44.8 Å². The van der Waals surface area contributed by atoms with Crippen molar-refractivity contribution in [1.29, 1.82) is 0 Å². The monoisotopic (exact) mass is 533 g/mol. The van der Waals surface area contributed by atoms with Crippen molar-refractivity contribution in [2.45, 2.75) is 12.5 Å². The lowest BCUT2D eigenvalue weighted by Gasteiger charge is -2.34. The summed E-state index contributed by atoms with van der Waals surface area (Å²) in [7, 11) is 0. The highest BCUT2D eigenvalue weighted by molar-refractivity contribution is 6.30. The number of anilines is 1. The van der Waals surface area contributed by atoms with Crippen LogP contribution in [-0.4, -0.2) is 55.2 Å². The molecule has 0 bridgehead atoms. The number of amides is 2. The van der Waals surface area contributed by atoms with E-state index in [9.17, 15) is 13.6 Å². The van der Waals surface area contributed by atoms with Crippen LogP contribution in [0.1, 0.15) is 23.7 Å². The van der Waals surface area contributed by atoms with Crippen LogP contribution >= 0.6 is 23.2 Å². The fourth-order valence-corrected chi connectivity index (χ4v) is 4.36. The van der Waals surface area contributed by atoms with Crippen LogP contribution in [-0.2, 0) is 4.74 Å². The number of hydrogen-bond acceptors (Lipinski definition) is 3. The number of benzene rings is 3. The number of carbonyl (C=O) groups excluding carboxylic acids is 1. The highest BCUT2D eigenvalue weighted by atomic mass is 35.5. The first-order valence-electron chi connectivity index (χ1n) is 11.7. The van der Waals surface area contributed by atoms with Crippen molar-refractivity contribution in [2.75, 3.05) is 44.6 Å². The summed E-state index contributed by atoms with van der Waals surface area (Å²) in [5, 5.41) is 3.86. The number of halogens is 4. The summed E-state index contributed by atoms with van der Waals surface area (Å²) in [4.78, 5) is 16.4. The summed E-state index contributed by atoms with van der Waals surface area (Å²) in [5.74, 6) is -1.48. The number of carbonyl (C=O) groups is 1. The molecule has 0 radical (unpaired) electrons. The fraction of sp³-hybridized carbons (Fsp3) is 0.296. The second-order valence-electron chi connectivity index (χ2n) is 8.59. The van der Waals surface area contributed by atoms with Gasteiger partial charge in [-0.25, -0.2) is 13.6 Å². The van der Waals surface area contributed by atoms with Gasteiger partial charge in [-0.05, 0) is 53.9 Å². The highest BCUT2D eigenvalue weighted by Gasteiger charge is 2.22. The Morgan fingerprint density at radius 1 is 0.889 bits per heavy atom. The number of rotatable bonds is 8. The quantitative estimate of drug-likeness (QED) is 0.331. The maximum absolute atomic E-state index is 13.8. The largest absolute Gasteiger partial charge is 0.369 e. The molecule has 0 atom stereocenters. The average Bonchev–Trinajstić information content (AvgIpc) is 2.87. The van der Waals surface area contributed by atoms with Crippen molar-refractivity contribution >= 4 is 34.9 Å². The van der Waals surface area contributed by atoms with Gasteiger partial charge in [0, 0.05) is 55.4 Å². The average molecular weight is 534 g/mol. The number of ether oxygens (including phenoxy) is 1. The van der Waals surface area contributed by atoms with Gasteiger partial charge in [-0.3, -0.25) is 4.90 Å². The van der Waals surface area contributed by atoms with Gasteiger partial charge in [-0.15, -0.1) is 0 Å². The molecule has 0 saturated carbocycles. The Bertz CT molecular complexity index is 1110. The van der Waals surface area contributed by atoms with E-state index in [1.807, 2.05) is 48.5 Å². The van der Waals surface area contributed by atoms with E-state index in [1.165, 1.54) is 6.07 Å². The van der Waals surface area contributed by atoms with E-state index >= 15 is 0 Å². The van der Waals surface area contributed by atoms with Gasteiger partial charge < -0.3 is 15.0 Å². The maximum atomic E-state index is 13.8. The molecule has 1 saturated heterocycles. The molecule has 2 amide bonds. The van der Waals surface area contributed by atoms with Crippen LogP contribution in [0.4, 0.5) is 19.3 Å². The predicted molar refractivity (Wildman–Crippen MR) is 139 cm³/mol. The van der Waals surface area contributed by atoms with E-state index in [0.29, 0.717) is 42.8 Å². The van der Waals surface area contributed by atoms with Crippen LogP contribution < -0.4 is 5.32 Å². The molecule has 1 heterocycles. The zero-order valence-corrected chi connectivity index (χ0v) is 21.1. The van der Waals surface area contributed by atoms with Crippen molar-refractivity contribution in [3.8, 4) is 0 Å². The molecule has 4 rings (SSSR count). The van der Waals surface area contributed by atoms with Gasteiger partial charge in [0.15, 0.2) is 0 Å². The molecular formula is C27H27Cl2F2N3O2. The second kappa shape index (κ2) is 12.5. The van der Waals surface area contributed by atoms with Gasteiger partial charge in [0.05, 0.1) is 5.69 Å². The van der Waals surface area contributed by atoms with Crippen LogP contribution in [0.25, 0.3) is 0 Å². The number of hydrogen-bond donors (Lipinski definition) is 1. The van der Waals surface area contributed by atoms with Crippen molar-refractivity contribution < 1.29 is 18.3 Å². The molecule has 1 N–H and O–H groups in total. The standard InChI is InChI=1S/C27H27Cl2F2N3O2/c28-21-6-2-19(3-7-21)26(20-4-8-22(29)9-5-20)36-17-1-12-33-13-15-34(16-14-33)27(35)32-25-11-10-23(30)18-24(25)31/h2-11,18,26H,1,12-17H2,(H,32,35). The molecule has 190 valence electrons. The summed E-state index contributed by atoms with van der Waals surface area (Å²) < 4.78 is 33.2. The minimum absolute atomic E-state index is 0.0306. The third kappa shape index (κ3) is 7.17. The Kier molecular flexibility index (Phi) is 9.15. The Labute approximate surface area is 219 Å². The van der Waals surface area contributed by atoms with Gasteiger partial charge >= 0.3 is 6.03 Å². The Morgan fingerprint density at radius 3 is 2.03 bits per heavy atom. The van der Waals surface area contributed by atoms with Gasteiger partial charge in [0.25, 0.3) is 0 Å². The minimum atomic E-state index is -0.794. The van der Waals surface area contributed by atoms with Crippen molar-refractivity contribution in [3.63, 3.8) is 0 Å². The summed E-state index contributed by atoms with van der Waals surface area (Å²) in [6, 6.07) is 17.9. The van der Waals surface area contributed by atoms with Crippen molar-refractivity contribution in [1.82, 2.24) is 9.80 Å². The first kappa shape index (κ1) is 26.4. The minimum Gasteiger partial charge on any atom is -0.369 e. The molecule has 1 aliphatic rings. The molecule has 0 spiro atoms. The lowest BCUT2D eigenvalue weighted by atomic mass is 10.0. The van der Waals surface area contributed by atoms with Crippen LogP contribution in [0.3, 0.4) is 0 Å². The molecule has 5 nitrogen and oxygen atoms in total. The Hall–Kier alpha value is -2.71. The fourth-order valence-electron chi connectivity index (χ4n) is 4.11. The van der Waals surface area contributed by atoms with E-state index in [4.69, 9.17) is 27.9 Å². The van der Waals surface area contributed by atoms with Gasteiger partial charge in [0.1, 0.15) is 17.7 Å². The van der Waals surface area contributed by atoms with Crippen LogP contribution in [0.5, 0.6) is 0 Å². The number of nitrogens with zero attached hydrogens (tertiary/aromatic N) is 2. The molecular weight excluding hydrogens is 507 g/mol. The second-order valence-corrected chi connectivity index (χ2v) is 9.46. The molecule has 36 heavy (non-hydrogen) atoms. The predicted octanol–water partition coefficient (Wildman–Crippen LogP) is 6.62. The summed E-state index contributed by atoms with van der Waals surface area (Å²) in [6.45, 7) is 3.84. The summed E-state index contributed by atoms with van der Waals surface area (Å²) in [6.07, 6.45) is 0.594. The third-order valence-electron chi connectivity index (χ3n) is 6.08. The van der Waals surface area contributed by atoms with Gasteiger partial charge in [-0.2, -0.15) is 0 Å². The first-order valence-corrected chi connectivity index (χ1v) is 12.5. The molecule has 0 aliphatic carbocycles. The van der Waals surface area contributed by atoms with Crippen LogP contribution in [0, 0.1) is 11.6 Å². The molecule has 1 fully saturated rings. The van der Waals surface area contributed by atoms with E-state index in [1.54, 1.807) is 4.90 Å². The Morgan fingerprint density at radius 2 is 1.47 bits per heavy atom. The lowest BCUT2D eigenvalue weighted by molar-refractivity contribution is 0.0670. The van der Waals surface area contributed by atoms with E-state index in [0.717, 1.165) is 36.2 Å². The molecule has 1 aliphatic heterocycles. The van der Waals surface area contributed by atoms with E-state index in [-0.39, 0.29) is 11.8 Å². The molecule has 0 aromatic heterocycles. The van der Waals surface area contributed by atoms with Gasteiger partial charge in [0.2, 0.25) is 0 Å². The van der Waals surface area contributed by atoms with Crippen molar-refractivity contribution in [3.05, 3.63) is 99.5 Å². The SMILES string of the molecule is O=C(Nc1ccc(F)cc1F)N1CCN(CCCOC(c2ccc(Cl)cc2)c2ccc(Cl)cc2)CC1. The summed E-state index contributed by atoms with van der Waals surface area (Å²) in [5.41, 5.74) is 2.00. The van der Waals surface area contributed by atoms with Crippen LogP contribution in [0.15, 0.2) is 66.7 Å². The molecule has 0 unspecified atom stereocenters.